The second-order valence-electron chi connectivity index (χ2n) is 8.98. The molecule has 2 aliphatic rings. The molecule has 1 N–H and O–H groups in total. The minimum Gasteiger partial charge on any atom is -0.497 e. The van der Waals surface area contributed by atoms with Gasteiger partial charge in [-0.3, -0.25) is 9.69 Å². The van der Waals surface area contributed by atoms with Crippen molar-refractivity contribution in [3.8, 4) is 5.75 Å². The Bertz CT molecular complexity index is 847. The van der Waals surface area contributed by atoms with Crippen LogP contribution in [0.15, 0.2) is 54.6 Å². The molecule has 2 fully saturated rings. The van der Waals surface area contributed by atoms with Gasteiger partial charge in [-0.05, 0) is 54.9 Å². The van der Waals surface area contributed by atoms with Gasteiger partial charge < -0.3 is 14.8 Å². The number of amides is 1. The lowest BCUT2D eigenvalue weighted by molar-refractivity contribution is -0.136. The molecule has 4 rings (SSSR count). The van der Waals surface area contributed by atoms with E-state index in [4.69, 9.17) is 9.47 Å². The molecule has 5 heteroatoms. The van der Waals surface area contributed by atoms with Crippen LogP contribution in [0.3, 0.4) is 0 Å². The average molecular weight is 423 g/mol. The zero-order valence-electron chi connectivity index (χ0n) is 18.5. The molecule has 166 valence electrons. The summed E-state index contributed by atoms with van der Waals surface area (Å²) in [6, 6.07) is 18.4. The third-order valence-electron chi connectivity index (χ3n) is 6.71. The first-order valence-corrected chi connectivity index (χ1v) is 11.4. The van der Waals surface area contributed by atoms with E-state index in [0.29, 0.717) is 18.9 Å². The number of benzene rings is 2. The molecule has 1 atom stereocenters. The number of methoxy groups -OCH3 is 1. The molecule has 5 nitrogen and oxygen atoms in total. The molecule has 2 aliphatic heterocycles. The quantitative estimate of drug-likeness (QED) is 0.728. The normalized spacial score (nSPS) is 21.0. The molecular weight excluding hydrogens is 388 g/mol. The van der Waals surface area contributed by atoms with Gasteiger partial charge in [-0.15, -0.1) is 0 Å². The van der Waals surface area contributed by atoms with E-state index >= 15 is 0 Å². The van der Waals surface area contributed by atoms with Gasteiger partial charge in [-0.25, -0.2) is 0 Å². The van der Waals surface area contributed by atoms with Crippen LogP contribution in [0.5, 0.6) is 5.75 Å². The Morgan fingerprint density at radius 1 is 1.13 bits per heavy atom. The fourth-order valence-electron chi connectivity index (χ4n) is 4.93. The molecule has 2 aromatic carbocycles. The summed E-state index contributed by atoms with van der Waals surface area (Å²) in [6.45, 7) is 4.38. The van der Waals surface area contributed by atoms with E-state index in [-0.39, 0.29) is 11.5 Å². The average Bonchev–Trinajstić information content (AvgIpc) is 2.80. The van der Waals surface area contributed by atoms with Crippen molar-refractivity contribution in [1.82, 2.24) is 10.2 Å². The third kappa shape index (κ3) is 6.08. The van der Waals surface area contributed by atoms with Gasteiger partial charge >= 0.3 is 0 Å². The lowest BCUT2D eigenvalue weighted by Gasteiger charge is -2.46. The molecular formula is C26H34N2O3. The standard InChI is InChI=1S/C26H34N2O3/c1-30-24-9-5-8-23(16-24)20-28-13-11-26(12-14-28)18-22(10-15-31-26)17-25(29)27-19-21-6-3-2-4-7-21/h2-9,16,22H,10-15,17-20H2,1H3,(H,27,29). The molecule has 0 aliphatic carbocycles. The summed E-state index contributed by atoms with van der Waals surface area (Å²) >= 11 is 0. The van der Waals surface area contributed by atoms with Crippen molar-refractivity contribution in [2.45, 2.75) is 50.8 Å². The number of rotatable bonds is 7. The lowest BCUT2D eigenvalue weighted by atomic mass is 9.78. The summed E-state index contributed by atoms with van der Waals surface area (Å²) in [5.74, 6) is 1.48. The second-order valence-corrected chi connectivity index (χ2v) is 8.98. The molecule has 0 saturated carbocycles. The Labute approximate surface area is 185 Å². The monoisotopic (exact) mass is 422 g/mol. The van der Waals surface area contributed by atoms with E-state index in [2.05, 4.69) is 28.4 Å². The Kier molecular flexibility index (Phi) is 7.25. The molecule has 0 aromatic heterocycles. The van der Waals surface area contributed by atoms with Gasteiger partial charge in [-0.2, -0.15) is 0 Å². The highest BCUT2D eigenvalue weighted by atomic mass is 16.5. The Morgan fingerprint density at radius 3 is 2.68 bits per heavy atom. The first kappa shape index (κ1) is 21.8. The van der Waals surface area contributed by atoms with E-state index < -0.39 is 0 Å². The molecule has 2 heterocycles. The van der Waals surface area contributed by atoms with Crippen molar-refractivity contribution in [3.05, 3.63) is 65.7 Å². The SMILES string of the molecule is COc1cccc(CN2CCC3(CC2)CC(CC(=O)NCc2ccccc2)CCO3)c1. The maximum atomic E-state index is 12.5. The van der Waals surface area contributed by atoms with Crippen LogP contribution in [-0.2, 0) is 22.6 Å². The summed E-state index contributed by atoms with van der Waals surface area (Å²) in [5, 5.41) is 3.08. The number of nitrogens with one attached hydrogen (secondary N) is 1. The Hall–Kier alpha value is -2.37. The molecule has 1 unspecified atom stereocenters. The van der Waals surface area contributed by atoms with Crippen molar-refractivity contribution in [3.63, 3.8) is 0 Å². The van der Waals surface area contributed by atoms with E-state index in [1.807, 2.05) is 36.4 Å². The maximum Gasteiger partial charge on any atom is 0.220 e. The third-order valence-corrected chi connectivity index (χ3v) is 6.71. The Balaban J connectivity index is 1.24. The minimum absolute atomic E-state index is 0.0481. The lowest BCUT2D eigenvalue weighted by Crippen LogP contribution is -2.49. The first-order valence-electron chi connectivity index (χ1n) is 11.4. The molecule has 2 saturated heterocycles. The summed E-state index contributed by atoms with van der Waals surface area (Å²) in [4.78, 5) is 15.0. The smallest absolute Gasteiger partial charge is 0.220 e. The topological polar surface area (TPSA) is 50.8 Å². The maximum absolute atomic E-state index is 12.5. The van der Waals surface area contributed by atoms with Crippen molar-refractivity contribution in [2.75, 3.05) is 26.8 Å². The van der Waals surface area contributed by atoms with E-state index in [1.54, 1.807) is 7.11 Å². The van der Waals surface area contributed by atoms with Crippen LogP contribution in [0.1, 0.15) is 43.2 Å². The van der Waals surface area contributed by atoms with Crippen molar-refractivity contribution < 1.29 is 14.3 Å². The molecule has 2 aromatic rings. The highest BCUT2D eigenvalue weighted by Crippen LogP contribution is 2.39. The van der Waals surface area contributed by atoms with Crippen molar-refractivity contribution >= 4 is 5.91 Å². The molecule has 1 amide bonds. The minimum atomic E-state index is -0.0481. The number of hydrogen-bond donors (Lipinski definition) is 1. The summed E-state index contributed by atoms with van der Waals surface area (Å²) in [5.41, 5.74) is 2.38. The predicted molar refractivity (Wildman–Crippen MR) is 122 cm³/mol. The van der Waals surface area contributed by atoms with Gasteiger partial charge in [0.1, 0.15) is 5.75 Å². The number of carbonyl (C=O) groups excluding carboxylic acids is 1. The number of nitrogens with zero attached hydrogens (tertiary/aromatic N) is 1. The van der Waals surface area contributed by atoms with Gasteiger partial charge in [-0.1, -0.05) is 42.5 Å². The van der Waals surface area contributed by atoms with E-state index in [9.17, 15) is 4.79 Å². The van der Waals surface area contributed by atoms with Crippen LogP contribution in [0.4, 0.5) is 0 Å². The van der Waals surface area contributed by atoms with Gasteiger partial charge in [0.25, 0.3) is 0 Å². The highest BCUT2D eigenvalue weighted by Gasteiger charge is 2.40. The van der Waals surface area contributed by atoms with Crippen LogP contribution < -0.4 is 10.1 Å². The van der Waals surface area contributed by atoms with Gasteiger partial charge in [0.05, 0.1) is 12.7 Å². The van der Waals surface area contributed by atoms with Crippen LogP contribution in [0.2, 0.25) is 0 Å². The highest BCUT2D eigenvalue weighted by molar-refractivity contribution is 5.76. The number of carbonyl (C=O) groups is 1. The number of ether oxygens (including phenoxy) is 2. The number of hydrogen-bond acceptors (Lipinski definition) is 4. The van der Waals surface area contributed by atoms with Crippen molar-refractivity contribution in [2.24, 2.45) is 5.92 Å². The molecule has 31 heavy (non-hydrogen) atoms. The Morgan fingerprint density at radius 2 is 1.90 bits per heavy atom. The fourth-order valence-corrected chi connectivity index (χ4v) is 4.93. The zero-order valence-corrected chi connectivity index (χ0v) is 18.5. The summed E-state index contributed by atoms with van der Waals surface area (Å²) in [6.07, 6.45) is 4.66. The van der Waals surface area contributed by atoms with Crippen LogP contribution in [0.25, 0.3) is 0 Å². The van der Waals surface area contributed by atoms with Crippen LogP contribution in [-0.4, -0.2) is 43.2 Å². The predicted octanol–water partition coefficient (Wildman–Crippen LogP) is 4.16. The van der Waals surface area contributed by atoms with Gasteiger partial charge in [0, 0.05) is 39.2 Å². The zero-order chi connectivity index (χ0) is 21.5. The van der Waals surface area contributed by atoms with E-state index in [1.165, 1.54) is 5.56 Å². The summed E-state index contributed by atoms with van der Waals surface area (Å²) < 4.78 is 11.7. The number of piperidine rings is 1. The van der Waals surface area contributed by atoms with Crippen LogP contribution in [0, 0.1) is 5.92 Å². The summed E-state index contributed by atoms with van der Waals surface area (Å²) in [7, 11) is 1.71. The van der Waals surface area contributed by atoms with Gasteiger partial charge in [0.15, 0.2) is 0 Å². The van der Waals surface area contributed by atoms with Gasteiger partial charge in [0.2, 0.25) is 5.91 Å². The van der Waals surface area contributed by atoms with Crippen molar-refractivity contribution in [1.29, 1.82) is 0 Å². The number of likely N-dealkylation sites (tertiary alicyclic amines) is 1. The molecule has 0 radical (unpaired) electrons. The van der Waals surface area contributed by atoms with Crippen LogP contribution >= 0.6 is 0 Å². The first-order chi connectivity index (χ1) is 15.1. The largest absolute Gasteiger partial charge is 0.497 e. The molecule has 1 spiro atoms. The fraction of sp³-hybridized carbons (Fsp3) is 0.500. The molecule has 0 bridgehead atoms. The second kappa shape index (κ2) is 10.3. The van der Waals surface area contributed by atoms with E-state index in [0.717, 1.165) is 63.2 Å².